The van der Waals surface area contributed by atoms with E-state index in [1.165, 1.54) is 11.1 Å². The summed E-state index contributed by atoms with van der Waals surface area (Å²) in [5.74, 6) is 0.585. The maximum Gasteiger partial charge on any atom is 0.149 e. The van der Waals surface area contributed by atoms with E-state index in [4.69, 9.17) is 11.6 Å². The Morgan fingerprint density at radius 3 is 2.62 bits per heavy atom. The molecule has 5 aromatic rings. The zero-order valence-electron chi connectivity index (χ0n) is 17.9. The van der Waals surface area contributed by atoms with E-state index in [9.17, 15) is 5.26 Å². The van der Waals surface area contributed by atoms with E-state index >= 15 is 0 Å². The van der Waals surface area contributed by atoms with Crippen molar-refractivity contribution >= 4 is 45.2 Å². The lowest BCUT2D eigenvalue weighted by Gasteiger charge is -2.05. The van der Waals surface area contributed by atoms with Gasteiger partial charge < -0.3 is 9.55 Å². The highest BCUT2D eigenvalue weighted by molar-refractivity contribution is 6.30. The smallest absolute Gasteiger partial charge is 0.149 e. The molecule has 0 unspecified atom stereocenters. The van der Waals surface area contributed by atoms with Crippen LogP contribution in [-0.2, 0) is 6.54 Å². The quantitative estimate of drug-likeness (QED) is 0.311. The molecule has 32 heavy (non-hydrogen) atoms. The van der Waals surface area contributed by atoms with Crippen LogP contribution in [0.1, 0.15) is 28.1 Å². The Hall–Kier alpha value is -3.81. The summed E-state index contributed by atoms with van der Waals surface area (Å²) in [6.07, 6.45) is 4.01. The maximum atomic E-state index is 9.92. The van der Waals surface area contributed by atoms with E-state index in [0.717, 1.165) is 44.6 Å². The van der Waals surface area contributed by atoms with Gasteiger partial charge in [-0.25, -0.2) is 4.98 Å². The van der Waals surface area contributed by atoms with Crippen LogP contribution in [0.5, 0.6) is 0 Å². The molecule has 0 fully saturated rings. The van der Waals surface area contributed by atoms with Crippen LogP contribution in [0.25, 0.3) is 33.6 Å². The van der Waals surface area contributed by atoms with Crippen molar-refractivity contribution in [3.05, 3.63) is 100.0 Å². The molecule has 0 aliphatic heterocycles. The third kappa shape index (κ3) is 3.68. The molecule has 0 aliphatic rings. The van der Waals surface area contributed by atoms with Crippen molar-refractivity contribution in [2.24, 2.45) is 0 Å². The molecule has 0 spiro atoms. The lowest BCUT2D eigenvalue weighted by atomic mass is 10.1. The highest BCUT2D eigenvalue weighted by Crippen LogP contribution is 2.27. The van der Waals surface area contributed by atoms with Gasteiger partial charge in [0, 0.05) is 34.2 Å². The summed E-state index contributed by atoms with van der Waals surface area (Å²) in [5.41, 5.74) is 7.95. The van der Waals surface area contributed by atoms with E-state index in [1.54, 1.807) is 0 Å². The summed E-state index contributed by atoms with van der Waals surface area (Å²) in [7, 11) is 0. The van der Waals surface area contributed by atoms with Gasteiger partial charge in [0.1, 0.15) is 11.9 Å². The average Bonchev–Trinajstić information content (AvgIpc) is 3.35. The first-order valence-corrected chi connectivity index (χ1v) is 10.8. The SMILES string of the molecule is Cc1cc2nc(C(C#N)=Cc3cn(Cc4ccc(Cl)cc4)c4ccccc34)[nH]c2cc1C. The number of nitrogens with zero attached hydrogens (tertiary/aromatic N) is 3. The van der Waals surface area contributed by atoms with E-state index in [2.05, 4.69) is 64.9 Å². The average molecular weight is 437 g/mol. The number of hydrogen-bond acceptors (Lipinski definition) is 2. The number of imidazole rings is 1. The number of rotatable bonds is 4. The molecule has 156 valence electrons. The number of halogens is 1. The molecule has 0 amide bonds. The van der Waals surface area contributed by atoms with Gasteiger partial charge in [0.25, 0.3) is 0 Å². The molecule has 5 rings (SSSR count). The first kappa shape index (κ1) is 20.1. The molecule has 1 N–H and O–H groups in total. The normalized spacial score (nSPS) is 11.9. The van der Waals surface area contributed by atoms with Crippen molar-refractivity contribution in [3.63, 3.8) is 0 Å². The number of para-hydroxylation sites is 1. The molecule has 2 aromatic heterocycles. The molecule has 2 heterocycles. The molecule has 3 aromatic carbocycles. The Labute approximate surface area is 191 Å². The van der Waals surface area contributed by atoms with Crippen molar-refractivity contribution in [2.45, 2.75) is 20.4 Å². The minimum atomic E-state index is 0.505. The van der Waals surface area contributed by atoms with E-state index < -0.39 is 0 Å². The monoisotopic (exact) mass is 436 g/mol. The second-order valence-corrected chi connectivity index (χ2v) is 8.50. The third-order valence-electron chi connectivity index (χ3n) is 5.86. The predicted molar refractivity (Wildman–Crippen MR) is 132 cm³/mol. The highest BCUT2D eigenvalue weighted by Gasteiger charge is 2.12. The van der Waals surface area contributed by atoms with E-state index in [0.29, 0.717) is 11.4 Å². The first-order valence-electron chi connectivity index (χ1n) is 10.4. The molecular formula is C27H21ClN4. The number of hydrogen-bond donors (Lipinski definition) is 1. The van der Waals surface area contributed by atoms with Crippen LogP contribution >= 0.6 is 11.6 Å². The Kier molecular flexibility index (Phi) is 5.05. The predicted octanol–water partition coefficient (Wildman–Crippen LogP) is 6.90. The highest BCUT2D eigenvalue weighted by atomic mass is 35.5. The van der Waals surface area contributed by atoms with Gasteiger partial charge in [0.2, 0.25) is 0 Å². The second-order valence-electron chi connectivity index (χ2n) is 8.06. The molecule has 0 bridgehead atoms. The number of aromatic nitrogens is 3. The lowest BCUT2D eigenvalue weighted by molar-refractivity contribution is 0.836. The van der Waals surface area contributed by atoms with Gasteiger partial charge in [-0.3, -0.25) is 0 Å². The molecule has 0 saturated carbocycles. The summed E-state index contributed by atoms with van der Waals surface area (Å²) in [6.45, 7) is 4.86. The van der Waals surface area contributed by atoms with Crippen LogP contribution < -0.4 is 0 Å². The number of nitriles is 1. The van der Waals surface area contributed by atoms with Gasteiger partial charge in [0.15, 0.2) is 0 Å². The van der Waals surface area contributed by atoms with Crippen LogP contribution in [0.3, 0.4) is 0 Å². The fourth-order valence-corrected chi connectivity index (χ4v) is 4.14. The second kappa shape index (κ2) is 8.03. The first-order chi connectivity index (χ1) is 15.5. The third-order valence-corrected chi connectivity index (χ3v) is 6.11. The van der Waals surface area contributed by atoms with Crippen molar-refractivity contribution in [1.82, 2.24) is 14.5 Å². The molecular weight excluding hydrogens is 416 g/mol. The summed E-state index contributed by atoms with van der Waals surface area (Å²) in [6, 6.07) is 22.6. The van der Waals surface area contributed by atoms with Gasteiger partial charge in [-0.1, -0.05) is 41.9 Å². The Morgan fingerprint density at radius 2 is 1.84 bits per heavy atom. The number of aromatic amines is 1. The topological polar surface area (TPSA) is 57.4 Å². The number of H-pyrrole nitrogens is 1. The number of aryl methyl sites for hydroxylation is 2. The zero-order chi connectivity index (χ0) is 22.2. The Bertz CT molecular complexity index is 1490. The molecule has 0 aliphatic carbocycles. The zero-order valence-corrected chi connectivity index (χ0v) is 18.6. The summed E-state index contributed by atoms with van der Waals surface area (Å²) < 4.78 is 2.20. The van der Waals surface area contributed by atoms with Crippen molar-refractivity contribution in [1.29, 1.82) is 5.26 Å². The lowest BCUT2D eigenvalue weighted by Crippen LogP contribution is -1.97. The van der Waals surface area contributed by atoms with Gasteiger partial charge in [-0.2, -0.15) is 5.26 Å². The maximum absolute atomic E-state index is 9.92. The fraction of sp³-hybridized carbons (Fsp3) is 0.111. The van der Waals surface area contributed by atoms with Crippen LogP contribution in [0.2, 0.25) is 5.02 Å². The minimum Gasteiger partial charge on any atom is -0.342 e. The minimum absolute atomic E-state index is 0.505. The number of benzene rings is 3. The van der Waals surface area contributed by atoms with Crippen LogP contribution in [0.4, 0.5) is 0 Å². The fourth-order valence-electron chi connectivity index (χ4n) is 4.01. The van der Waals surface area contributed by atoms with Crippen LogP contribution in [0, 0.1) is 25.2 Å². The Morgan fingerprint density at radius 1 is 1.09 bits per heavy atom. The molecule has 5 heteroatoms. The van der Waals surface area contributed by atoms with Crippen LogP contribution in [0.15, 0.2) is 66.9 Å². The number of fused-ring (bicyclic) bond motifs is 2. The van der Waals surface area contributed by atoms with Crippen LogP contribution in [-0.4, -0.2) is 14.5 Å². The molecule has 0 radical (unpaired) electrons. The molecule has 0 atom stereocenters. The summed E-state index contributed by atoms with van der Waals surface area (Å²) in [5, 5.41) is 11.7. The summed E-state index contributed by atoms with van der Waals surface area (Å²) in [4.78, 5) is 7.99. The van der Waals surface area contributed by atoms with Crippen molar-refractivity contribution < 1.29 is 0 Å². The van der Waals surface area contributed by atoms with Gasteiger partial charge in [-0.15, -0.1) is 0 Å². The number of allylic oxidation sites excluding steroid dienone is 1. The molecule has 0 saturated heterocycles. The van der Waals surface area contributed by atoms with E-state index in [-0.39, 0.29) is 0 Å². The van der Waals surface area contributed by atoms with Gasteiger partial charge in [-0.05, 0) is 66.9 Å². The van der Waals surface area contributed by atoms with Gasteiger partial charge in [0.05, 0.1) is 16.6 Å². The standard InChI is InChI=1S/C27H21ClN4/c1-17-11-24-25(12-18(17)2)31-27(30-24)20(14-29)13-21-16-32(26-6-4-3-5-23(21)26)15-19-7-9-22(28)10-8-19/h3-13,16H,15H2,1-2H3,(H,30,31). The van der Waals surface area contributed by atoms with Crippen molar-refractivity contribution in [3.8, 4) is 6.07 Å². The largest absolute Gasteiger partial charge is 0.342 e. The summed E-state index contributed by atoms with van der Waals surface area (Å²) >= 11 is 6.04. The number of nitrogens with one attached hydrogen (secondary N) is 1. The van der Waals surface area contributed by atoms with Gasteiger partial charge >= 0.3 is 0 Å². The van der Waals surface area contributed by atoms with Crippen molar-refractivity contribution in [2.75, 3.05) is 0 Å². The molecule has 4 nitrogen and oxygen atoms in total. The Balaban J connectivity index is 1.59. The van der Waals surface area contributed by atoms with E-state index in [1.807, 2.05) is 42.5 Å².